The Labute approximate surface area is 123 Å². The molecule has 112 valence electrons. The Morgan fingerprint density at radius 1 is 1.05 bits per heavy atom. The van der Waals surface area contributed by atoms with E-state index in [2.05, 4.69) is 29.1 Å². The van der Waals surface area contributed by atoms with Gasteiger partial charge in [0, 0.05) is 30.4 Å². The molecule has 0 aliphatic heterocycles. The largest absolute Gasteiger partial charge is 0.313 e. The van der Waals surface area contributed by atoms with Gasteiger partial charge in [-0.3, -0.25) is 0 Å². The molecule has 2 rings (SSSR count). The maximum Gasteiger partial charge on any atom is 0.131 e. The molecule has 0 radical (unpaired) electrons. The number of nitrogens with one attached hydrogen (secondary N) is 1. The van der Waals surface area contributed by atoms with Crippen molar-refractivity contribution in [3.8, 4) is 0 Å². The van der Waals surface area contributed by atoms with E-state index in [9.17, 15) is 0 Å². The van der Waals surface area contributed by atoms with Crippen molar-refractivity contribution in [1.82, 2.24) is 15.3 Å². The second kappa shape index (κ2) is 8.35. The Balaban J connectivity index is 1.81. The van der Waals surface area contributed by atoms with Crippen molar-refractivity contribution >= 4 is 0 Å². The summed E-state index contributed by atoms with van der Waals surface area (Å²) in [5.41, 5.74) is 1.20. The van der Waals surface area contributed by atoms with Gasteiger partial charge in [0.1, 0.15) is 5.82 Å². The third kappa shape index (κ3) is 4.55. The molecule has 1 aromatic heterocycles. The highest BCUT2D eigenvalue weighted by atomic mass is 14.9. The fourth-order valence-corrected chi connectivity index (χ4v) is 3.19. The lowest BCUT2D eigenvalue weighted by Crippen LogP contribution is -2.17. The molecule has 1 fully saturated rings. The van der Waals surface area contributed by atoms with E-state index in [1.54, 1.807) is 0 Å². The maximum atomic E-state index is 4.60. The highest BCUT2D eigenvalue weighted by Gasteiger charge is 2.23. The van der Waals surface area contributed by atoms with E-state index in [-0.39, 0.29) is 0 Å². The lowest BCUT2D eigenvalue weighted by atomic mass is 9.80. The highest BCUT2D eigenvalue weighted by molar-refractivity contribution is 5.08. The standard InChI is InChI=1S/C17H29N3/c1-3-5-14-6-8-16(9-7-14)17-19-12-15(13-20-17)11-18-10-4-2/h12-14,16,18H,3-11H2,1-2H3. The van der Waals surface area contributed by atoms with Crippen LogP contribution >= 0.6 is 0 Å². The average Bonchev–Trinajstić information content (AvgIpc) is 2.49. The molecule has 1 aliphatic rings. The number of rotatable bonds is 7. The van der Waals surface area contributed by atoms with E-state index in [0.29, 0.717) is 5.92 Å². The van der Waals surface area contributed by atoms with Crippen molar-refractivity contribution in [3.05, 3.63) is 23.8 Å². The zero-order valence-corrected chi connectivity index (χ0v) is 13.1. The van der Waals surface area contributed by atoms with Crippen molar-refractivity contribution < 1.29 is 0 Å². The van der Waals surface area contributed by atoms with Crippen LogP contribution in [0, 0.1) is 5.92 Å². The Morgan fingerprint density at radius 3 is 2.35 bits per heavy atom. The normalized spacial score (nSPS) is 22.9. The minimum absolute atomic E-state index is 0.598. The molecule has 0 bridgehead atoms. The third-order valence-electron chi connectivity index (χ3n) is 4.39. The minimum Gasteiger partial charge on any atom is -0.313 e. The van der Waals surface area contributed by atoms with Crippen LogP contribution in [0.5, 0.6) is 0 Å². The van der Waals surface area contributed by atoms with Gasteiger partial charge in [0.15, 0.2) is 0 Å². The summed E-state index contributed by atoms with van der Waals surface area (Å²) in [6.07, 6.45) is 13.2. The Hall–Kier alpha value is -0.960. The number of hydrogen-bond acceptors (Lipinski definition) is 3. The van der Waals surface area contributed by atoms with Gasteiger partial charge in [0.25, 0.3) is 0 Å². The summed E-state index contributed by atoms with van der Waals surface area (Å²) in [7, 11) is 0. The fourth-order valence-electron chi connectivity index (χ4n) is 3.19. The lowest BCUT2D eigenvalue weighted by molar-refractivity contribution is 0.302. The summed E-state index contributed by atoms with van der Waals surface area (Å²) in [6.45, 7) is 6.42. The van der Waals surface area contributed by atoms with E-state index in [4.69, 9.17) is 0 Å². The summed E-state index contributed by atoms with van der Waals surface area (Å²) >= 11 is 0. The van der Waals surface area contributed by atoms with Gasteiger partial charge in [-0.1, -0.05) is 26.7 Å². The van der Waals surface area contributed by atoms with E-state index in [1.807, 2.05) is 12.4 Å². The molecule has 0 amide bonds. The first-order valence-corrected chi connectivity index (χ1v) is 8.35. The van der Waals surface area contributed by atoms with E-state index in [0.717, 1.165) is 24.8 Å². The molecule has 3 heteroatoms. The molecule has 1 saturated carbocycles. The van der Waals surface area contributed by atoms with Gasteiger partial charge in [0.05, 0.1) is 0 Å². The molecule has 1 heterocycles. The van der Waals surface area contributed by atoms with E-state index < -0.39 is 0 Å². The lowest BCUT2D eigenvalue weighted by Gasteiger charge is -2.27. The molecule has 1 aliphatic carbocycles. The first-order chi connectivity index (χ1) is 9.83. The van der Waals surface area contributed by atoms with Gasteiger partial charge >= 0.3 is 0 Å². The first kappa shape index (κ1) is 15.4. The number of nitrogens with zero attached hydrogens (tertiary/aromatic N) is 2. The van der Waals surface area contributed by atoms with Crippen LogP contribution in [0.2, 0.25) is 0 Å². The predicted octanol–water partition coefficient (Wildman–Crippen LogP) is 4.05. The quantitative estimate of drug-likeness (QED) is 0.763. The molecule has 0 saturated heterocycles. The molecule has 1 aromatic rings. The number of aromatic nitrogens is 2. The van der Waals surface area contributed by atoms with Crippen LogP contribution in [0.3, 0.4) is 0 Å². The summed E-state index contributed by atoms with van der Waals surface area (Å²) < 4.78 is 0. The maximum absolute atomic E-state index is 4.60. The van der Waals surface area contributed by atoms with Gasteiger partial charge in [-0.05, 0) is 44.6 Å². The summed E-state index contributed by atoms with van der Waals surface area (Å²) in [4.78, 5) is 9.20. The van der Waals surface area contributed by atoms with Crippen molar-refractivity contribution in [2.24, 2.45) is 5.92 Å². The van der Waals surface area contributed by atoms with Crippen molar-refractivity contribution in [2.75, 3.05) is 6.54 Å². The zero-order chi connectivity index (χ0) is 14.2. The second-order valence-corrected chi connectivity index (χ2v) is 6.13. The van der Waals surface area contributed by atoms with Crippen molar-refractivity contribution in [3.63, 3.8) is 0 Å². The second-order valence-electron chi connectivity index (χ2n) is 6.13. The van der Waals surface area contributed by atoms with Crippen LogP contribution in [0.4, 0.5) is 0 Å². The molecule has 0 spiro atoms. The van der Waals surface area contributed by atoms with Crippen LogP contribution in [0.25, 0.3) is 0 Å². The van der Waals surface area contributed by atoms with Crippen LogP contribution in [0.1, 0.15) is 76.1 Å². The summed E-state index contributed by atoms with van der Waals surface area (Å²) in [6, 6.07) is 0. The molecule has 1 N–H and O–H groups in total. The van der Waals surface area contributed by atoms with Crippen LogP contribution in [-0.4, -0.2) is 16.5 Å². The predicted molar refractivity (Wildman–Crippen MR) is 83.6 cm³/mol. The van der Waals surface area contributed by atoms with Gasteiger partial charge in [-0.15, -0.1) is 0 Å². The molecule has 20 heavy (non-hydrogen) atoms. The summed E-state index contributed by atoms with van der Waals surface area (Å²) in [5.74, 6) is 2.62. The van der Waals surface area contributed by atoms with Gasteiger partial charge in [-0.2, -0.15) is 0 Å². The van der Waals surface area contributed by atoms with E-state index in [1.165, 1.54) is 50.5 Å². The van der Waals surface area contributed by atoms with Gasteiger partial charge in [-0.25, -0.2) is 9.97 Å². The topological polar surface area (TPSA) is 37.8 Å². The molecule has 0 aromatic carbocycles. The average molecular weight is 275 g/mol. The smallest absolute Gasteiger partial charge is 0.131 e. The van der Waals surface area contributed by atoms with Crippen LogP contribution in [0.15, 0.2) is 12.4 Å². The molecule has 0 atom stereocenters. The van der Waals surface area contributed by atoms with Crippen LogP contribution < -0.4 is 5.32 Å². The van der Waals surface area contributed by atoms with Gasteiger partial charge in [0.2, 0.25) is 0 Å². The van der Waals surface area contributed by atoms with E-state index >= 15 is 0 Å². The Kier molecular flexibility index (Phi) is 6.44. The zero-order valence-electron chi connectivity index (χ0n) is 13.1. The number of hydrogen-bond donors (Lipinski definition) is 1. The Morgan fingerprint density at radius 2 is 1.75 bits per heavy atom. The SMILES string of the molecule is CCCNCc1cnc(C2CCC(CCC)CC2)nc1. The van der Waals surface area contributed by atoms with Crippen LogP contribution in [-0.2, 0) is 6.54 Å². The molecule has 3 nitrogen and oxygen atoms in total. The molecular weight excluding hydrogens is 246 g/mol. The molecule has 0 unspecified atom stereocenters. The highest BCUT2D eigenvalue weighted by Crippen LogP contribution is 2.35. The van der Waals surface area contributed by atoms with Crippen molar-refractivity contribution in [1.29, 1.82) is 0 Å². The minimum atomic E-state index is 0.598. The first-order valence-electron chi connectivity index (χ1n) is 8.35. The summed E-state index contributed by atoms with van der Waals surface area (Å²) in [5, 5.41) is 3.39. The fraction of sp³-hybridized carbons (Fsp3) is 0.765. The monoisotopic (exact) mass is 275 g/mol. The Bertz CT molecular complexity index is 366. The molecular formula is C17H29N3. The third-order valence-corrected chi connectivity index (χ3v) is 4.39. The van der Waals surface area contributed by atoms with Gasteiger partial charge < -0.3 is 5.32 Å². The van der Waals surface area contributed by atoms with Crippen molar-refractivity contribution in [2.45, 2.75) is 71.3 Å².